The second-order valence-electron chi connectivity index (χ2n) is 11.9. The number of anilines is 1. The molecule has 0 N–H and O–H groups in total. The van der Waals surface area contributed by atoms with Gasteiger partial charge in [0.05, 0.1) is 0 Å². The number of carbonyl (C=O) groups is 1. The van der Waals surface area contributed by atoms with Gasteiger partial charge in [0.1, 0.15) is 5.82 Å². The van der Waals surface area contributed by atoms with Crippen LogP contribution in [0.25, 0.3) is 0 Å². The van der Waals surface area contributed by atoms with Gasteiger partial charge in [0.15, 0.2) is 5.78 Å². The van der Waals surface area contributed by atoms with Crippen molar-refractivity contribution in [3.05, 3.63) is 135 Å². The zero-order valence-corrected chi connectivity index (χ0v) is 27.3. The van der Waals surface area contributed by atoms with Crippen LogP contribution in [0.2, 0.25) is 5.02 Å². The first kappa shape index (κ1) is 34.0. The first-order valence-corrected chi connectivity index (χ1v) is 15.6. The molecule has 3 nitrogen and oxygen atoms in total. The Hall–Kier alpha value is -2.89. The summed E-state index contributed by atoms with van der Waals surface area (Å²) in [7, 11) is 0. The van der Waals surface area contributed by atoms with E-state index < -0.39 is 0 Å². The third-order valence-corrected chi connectivity index (χ3v) is 9.19. The number of hydrogen-bond donors (Lipinski definition) is 0. The molecule has 4 aromatic rings. The van der Waals surface area contributed by atoms with Gasteiger partial charge in [-0.15, -0.1) is 24.8 Å². The molecule has 232 valence electrons. The fourth-order valence-electron chi connectivity index (χ4n) is 6.54. The average Bonchev–Trinajstić information content (AvgIpc) is 3.00. The molecule has 2 aliphatic heterocycles. The van der Waals surface area contributed by atoms with Crippen LogP contribution < -0.4 is 4.90 Å². The second-order valence-corrected chi connectivity index (χ2v) is 12.3. The summed E-state index contributed by atoms with van der Waals surface area (Å²) >= 11 is 6.16. The molecule has 1 saturated heterocycles. The van der Waals surface area contributed by atoms with Crippen LogP contribution in [-0.2, 0) is 32.5 Å². The number of benzene rings is 4. The Morgan fingerprint density at radius 3 is 2.30 bits per heavy atom. The molecule has 44 heavy (non-hydrogen) atoms. The number of nitrogens with zero attached hydrogens (tertiary/aromatic N) is 2. The lowest BCUT2D eigenvalue weighted by Crippen LogP contribution is -2.33. The number of piperidine rings is 1. The van der Waals surface area contributed by atoms with Crippen molar-refractivity contribution < 1.29 is 9.18 Å². The fraction of sp³-hybridized carbons (Fsp3) is 0.324. The van der Waals surface area contributed by atoms with Crippen LogP contribution in [0.1, 0.15) is 63.9 Å². The molecule has 6 rings (SSSR count). The number of likely N-dealkylation sites (tertiary alicyclic amines) is 1. The zero-order chi connectivity index (χ0) is 28.9. The van der Waals surface area contributed by atoms with Gasteiger partial charge in [0, 0.05) is 42.3 Å². The van der Waals surface area contributed by atoms with Gasteiger partial charge in [0.25, 0.3) is 0 Å². The molecule has 1 fully saturated rings. The Kier molecular flexibility index (Phi) is 12.3. The molecule has 2 aliphatic rings. The third kappa shape index (κ3) is 8.63. The Balaban J connectivity index is 0.00000221. The van der Waals surface area contributed by atoms with E-state index >= 15 is 0 Å². The largest absolute Gasteiger partial charge is 0.363 e. The molecule has 0 bridgehead atoms. The molecule has 0 atom stereocenters. The minimum absolute atomic E-state index is 0. The maximum Gasteiger partial charge on any atom is 0.162 e. The Morgan fingerprint density at radius 2 is 1.52 bits per heavy atom. The van der Waals surface area contributed by atoms with E-state index in [2.05, 4.69) is 58.3 Å². The zero-order valence-electron chi connectivity index (χ0n) is 24.9. The van der Waals surface area contributed by atoms with Gasteiger partial charge in [-0.05, 0) is 115 Å². The van der Waals surface area contributed by atoms with Crippen LogP contribution in [0.4, 0.5) is 10.1 Å². The van der Waals surface area contributed by atoms with Crippen LogP contribution in [0, 0.1) is 11.7 Å². The van der Waals surface area contributed by atoms with E-state index in [-0.39, 0.29) is 36.4 Å². The summed E-state index contributed by atoms with van der Waals surface area (Å²) in [6.07, 6.45) is 5.72. The molecule has 0 saturated carbocycles. The van der Waals surface area contributed by atoms with Crippen molar-refractivity contribution in [1.29, 1.82) is 0 Å². The van der Waals surface area contributed by atoms with Crippen LogP contribution in [0.15, 0.2) is 91.0 Å². The molecule has 4 aromatic carbocycles. The summed E-state index contributed by atoms with van der Waals surface area (Å²) in [4.78, 5) is 18.3. The first-order chi connectivity index (χ1) is 20.5. The lowest BCUT2D eigenvalue weighted by atomic mass is 9.89. The molecule has 0 aliphatic carbocycles. The van der Waals surface area contributed by atoms with E-state index in [1.165, 1.54) is 40.1 Å². The standard InChI is InChI=1S/C37H38ClFN2O.2ClH/c38-34-6-3-4-29(22-34)24-40-20-18-27(19-21-40)10-17-37(42)32-14-12-30-11-13-31-5-1-2-7-36(31)41(26-33(30)23-32)25-28-8-15-35(39)16-9-28;;/h1-9,12,14-16,22-23,27H,10-11,13,17-21,24-26H2;2*1H. The van der Waals surface area contributed by atoms with Crippen LogP contribution in [0.3, 0.4) is 0 Å². The summed E-state index contributed by atoms with van der Waals surface area (Å²) in [5, 5.41) is 0.791. The molecular weight excluding hydrogens is 614 g/mol. The van der Waals surface area contributed by atoms with Crippen molar-refractivity contribution in [2.75, 3.05) is 18.0 Å². The number of Topliss-reactive ketones (excluding diaryl/α,β-unsaturated/α-hetero) is 1. The van der Waals surface area contributed by atoms with E-state index in [0.29, 0.717) is 18.9 Å². The molecule has 0 spiro atoms. The molecule has 0 amide bonds. The Labute approximate surface area is 278 Å². The van der Waals surface area contributed by atoms with Crippen molar-refractivity contribution in [1.82, 2.24) is 4.90 Å². The minimum atomic E-state index is -0.219. The van der Waals surface area contributed by atoms with Gasteiger partial charge in [-0.2, -0.15) is 0 Å². The topological polar surface area (TPSA) is 23.6 Å². The van der Waals surface area contributed by atoms with Gasteiger partial charge >= 0.3 is 0 Å². The lowest BCUT2D eigenvalue weighted by molar-refractivity contribution is 0.0961. The summed E-state index contributed by atoms with van der Waals surface area (Å²) in [6, 6.07) is 29.8. The predicted molar refractivity (Wildman–Crippen MR) is 184 cm³/mol. The molecule has 0 radical (unpaired) electrons. The SMILES string of the molecule is Cl.Cl.O=C(CCC1CCN(Cc2cccc(Cl)c2)CC1)c1ccc2c(c1)CN(Cc1ccc(F)cc1)c1ccccc1CC2. The highest BCUT2D eigenvalue weighted by atomic mass is 35.5. The number of aryl methyl sites for hydroxylation is 2. The Morgan fingerprint density at radius 1 is 0.773 bits per heavy atom. The summed E-state index contributed by atoms with van der Waals surface area (Å²) < 4.78 is 13.6. The van der Waals surface area contributed by atoms with E-state index in [1.54, 1.807) is 0 Å². The third-order valence-electron chi connectivity index (χ3n) is 8.95. The smallest absolute Gasteiger partial charge is 0.162 e. The van der Waals surface area contributed by atoms with Gasteiger partial charge < -0.3 is 4.90 Å². The normalized spacial score (nSPS) is 15.2. The number of para-hydroxylation sites is 1. The van der Waals surface area contributed by atoms with Gasteiger partial charge in [-0.25, -0.2) is 4.39 Å². The first-order valence-electron chi connectivity index (χ1n) is 15.2. The number of fused-ring (bicyclic) bond motifs is 2. The van der Waals surface area contributed by atoms with E-state index in [0.717, 1.165) is 74.4 Å². The number of hydrogen-bond acceptors (Lipinski definition) is 3. The molecule has 0 unspecified atom stereocenters. The Bertz CT molecular complexity index is 1540. The number of halogens is 4. The predicted octanol–water partition coefficient (Wildman–Crippen LogP) is 9.50. The quantitative estimate of drug-likeness (QED) is 0.177. The summed E-state index contributed by atoms with van der Waals surface area (Å²) in [6.45, 7) is 4.47. The van der Waals surface area contributed by atoms with Gasteiger partial charge in [-0.3, -0.25) is 9.69 Å². The summed E-state index contributed by atoms with van der Waals surface area (Å²) in [5.74, 6) is 0.617. The summed E-state index contributed by atoms with van der Waals surface area (Å²) in [5.41, 5.74) is 8.20. The maximum absolute atomic E-state index is 13.6. The van der Waals surface area contributed by atoms with Crippen molar-refractivity contribution in [2.24, 2.45) is 5.92 Å². The number of ketones is 1. The number of rotatable bonds is 8. The molecule has 0 aromatic heterocycles. The van der Waals surface area contributed by atoms with Gasteiger partial charge in [0.2, 0.25) is 0 Å². The van der Waals surface area contributed by atoms with E-state index in [1.807, 2.05) is 30.3 Å². The number of carbonyl (C=O) groups excluding carboxylic acids is 1. The second kappa shape index (κ2) is 15.9. The average molecular weight is 654 g/mol. The monoisotopic (exact) mass is 652 g/mol. The van der Waals surface area contributed by atoms with Crippen molar-refractivity contribution >= 4 is 47.9 Å². The van der Waals surface area contributed by atoms with E-state index in [4.69, 9.17) is 11.6 Å². The van der Waals surface area contributed by atoms with Crippen molar-refractivity contribution in [3.8, 4) is 0 Å². The van der Waals surface area contributed by atoms with Crippen LogP contribution >= 0.6 is 36.4 Å². The highest BCUT2D eigenvalue weighted by Gasteiger charge is 2.22. The molecule has 7 heteroatoms. The highest BCUT2D eigenvalue weighted by molar-refractivity contribution is 6.30. The lowest BCUT2D eigenvalue weighted by Gasteiger charge is -2.32. The van der Waals surface area contributed by atoms with Crippen LogP contribution in [-0.4, -0.2) is 23.8 Å². The molecular formula is C37H40Cl3FN2O. The van der Waals surface area contributed by atoms with Crippen LogP contribution in [0.5, 0.6) is 0 Å². The fourth-order valence-corrected chi connectivity index (χ4v) is 6.75. The maximum atomic E-state index is 13.6. The highest BCUT2D eigenvalue weighted by Crippen LogP contribution is 2.31. The van der Waals surface area contributed by atoms with Crippen molar-refractivity contribution in [3.63, 3.8) is 0 Å². The minimum Gasteiger partial charge on any atom is -0.363 e. The van der Waals surface area contributed by atoms with Gasteiger partial charge in [-0.1, -0.05) is 66.2 Å². The van der Waals surface area contributed by atoms with Crippen molar-refractivity contribution in [2.45, 2.75) is 58.2 Å². The molecule has 2 heterocycles. The van der Waals surface area contributed by atoms with E-state index in [9.17, 15) is 9.18 Å².